The predicted octanol–water partition coefficient (Wildman–Crippen LogP) is 15.4. The van der Waals surface area contributed by atoms with Crippen LogP contribution in [0.5, 0.6) is 0 Å². The first kappa shape index (κ1) is 97.0. The maximum absolute atomic E-state index is 6.10. The molecule has 696 valence electrons. The molecule has 4 fully saturated rings. The molecule has 1 saturated heterocycles. The van der Waals surface area contributed by atoms with Crippen LogP contribution in [0.3, 0.4) is 0 Å². The fourth-order valence-corrected chi connectivity index (χ4v) is 14.1. The largest absolute Gasteiger partial charge is 0.382 e. The van der Waals surface area contributed by atoms with Gasteiger partial charge in [-0.2, -0.15) is 9.97 Å². The second-order valence-corrected chi connectivity index (χ2v) is 42.5. The molecule has 0 spiro atoms. The molecule has 4 aliphatic rings. The van der Waals surface area contributed by atoms with E-state index >= 15 is 0 Å². The molecule has 0 radical (unpaired) electrons. The highest BCUT2D eigenvalue weighted by atomic mass is 16.5. The minimum absolute atomic E-state index is 0.0870. The van der Waals surface area contributed by atoms with Gasteiger partial charge in [0.1, 0.15) is 56.1 Å². The monoisotopic (exact) mass is 1780 g/mol. The fourth-order valence-electron chi connectivity index (χ4n) is 14.1. The quantitative estimate of drug-likeness (QED) is 0.0591. The molecule has 0 unspecified atom stereocenters. The number of nitrogen functional groups attached to an aromatic ring is 7. The van der Waals surface area contributed by atoms with Crippen LogP contribution in [-0.4, -0.2) is 163 Å². The third kappa shape index (κ3) is 22.7. The third-order valence-electron chi connectivity index (χ3n) is 24.4. The molecule has 0 bridgehead atoms. The maximum Gasteiger partial charge on any atom is 0.229 e. The van der Waals surface area contributed by atoms with E-state index in [1.165, 1.54) is 38.5 Å². The zero-order valence-electron chi connectivity index (χ0n) is 81.3. The van der Waals surface area contributed by atoms with Crippen LogP contribution in [0.4, 0.5) is 46.7 Å². The Morgan fingerprint density at radius 1 is 0.305 bits per heavy atom. The van der Waals surface area contributed by atoms with Crippen molar-refractivity contribution >= 4 is 125 Å². The second kappa shape index (κ2) is 37.4. The van der Waals surface area contributed by atoms with Crippen LogP contribution in [0.1, 0.15) is 301 Å². The Kier molecular flexibility index (Phi) is 27.7. The third-order valence-corrected chi connectivity index (χ3v) is 24.4. The van der Waals surface area contributed by atoms with Crippen molar-refractivity contribution in [1.29, 1.82) is 0 Å². The first-order valence-electron chi connectivity index (χ1n) is 44.9. The van der Waals surface area contributed by atoms with E-state index < -0.39 is 0 Å². The lowest BCUT2D eigenvalue weighted by atomic mass is 9.88. The van der Waals surface area contributed by atoms with E-state index in [1.807, 2.05) is 39.0 Å². The number of anilines is 8. The number of hydrogen-bond donors (Lipinski definition) is 7. The number of rotatable bonds is 11. The number of morpholine rings is 1. The van der Waals surface area contributed by atoms with Gasteiger partial charge in [0, 0.05) is 74.1 Å². The van der Waals surface area contributed by atoms with Gasteiger partial charge < -0.3 is 81.7 Å². The van der Waals surface area contributed by atoms with Gasteiger partial charge in [0.05, 0.1) is 57.5 Å². The average molecular weight is 1780 g/mol. The van der Waals surface area contributed by atoms with E-state index in [0.29, 0.717) is 146 Å². The predicted molar refractivity (Wildman–Crippen MR) is 521 cm³/mol. The topological polar surface area (TPSA) is 500 Å². The summed E-state index contributed by atoms with van der Waals surface area (Å²) in [6.07, 6.45) is 35.5. The fraction of sp³-hybridized carbons (Fsp3) is 0.564. The van der Waals surface area contributed by atoms with E-state index in [2.05, 4.69) is 311 Å². The normalized spacial score (nSPS) is 15.7. The van der Waals surface area contributed by atoms with Crippen LogP contribution in [0.25, 0.3) is 78.1 Å². The molecule has 5 atom stereocenters. The number of hydrogen-bond acceptors (Lipinski definition) is 30. The van der Waals surface area contributed by atoms with Crippen molar-refractivity contribution in [2.45, 2.75) is 280 Å². The van der Waals surface area contributed by atoms with Crippen LogP contribution in [0, 0.1) is 74.9 Å². The van der Waals surface area contributed by atoms with Crippen LogP contribution in [0.2, 0.25) is 0 Å². The molecule has 131 heavy (non-hydrogen) atoms. The van der Waals surface area contributed by atoms with Crippen molar-refractivity contribution in [3.8, 4) is 37.0 Å². The highest BCUT2D eigenvalue weighted by molar-refractivity contribution is 5.87. The van der Waals surface area contributed by atoms with E-state index in [0.717, 1.165) is 82.8 Å². The molecule has 3 saturated carbocycles. The van der Waals surface area contributed by atoms with Gasteiger partial charge in [-0.15, -0.1) is 19.3 Å². The Morgan fingerprint density at radius 2 is 0.527 bits per heavy atom. The molecule has 0 amide bonds. The van der Waals surface area contributed by atoms with Gasteiger partial charge in [0.25, 0.3) is 0 Å². The van der Waals surface area contributed by atoms with Gasteiger partial charge in [0.15, 0.2) is 80.3 Å². The summed E-state index contributed by atoms with van der Waals surface area (Å²) in [5.74, 6) is 15.9. The maximum atomic E-state index is 6.10. The van der Waals surface area contributed by atoms with Crippen molar-refractivity contribution in [2.24, 2.45) is 37.9 Å². The minimum Gasteiger partial charge on any atom is -0.382 e. The summed E-state index contributed by atoms with van der Waals surface area (Å²) in [4.78, 5) is 93.7. The smallest absolute Gasteiger partial charge is 0.229 e. The van der Waals surface area contributed by atoms with Gasteiger partial charge in [0.2, 0.25) is 23.4 Å². The lowest BCUT2D eigenvalue weighted by Crippen LogP contribution is -2.37. The van der Waals surface area contributed by atoms with Crippen molar-refractivity contribution < 1.29 is 4.74 Å². The molecule has 37 heteroatoms. The number of ether oxygens (including phenoxy) is 1. The molecular formula is C94H134N36O. The summed E-state index contributed by atoms with van der Waals surface area (Å²) >= 11 is 0. The molecule has 3 aliphatic carbocycles. The van der Waals surface area contributed by atoms with Crippen LogP contribution >= 0.6 is 0 Å². The molecule has 14 N–H and O–H groups in total. The summed E-state index contributed by atoms with van der Waals surface area (Å²) in [7, 11) is 0. The zero-order chi connectivity index (χ0) is 96.0. The summed E-state index contributed by atoms with van der Waals surface area (Å²) in [5, 5.41) is 0. The van der Waals surface area contributed by atoms with Gasteiger partial charge in [-0.05, 0) is 129 Å². The summed E-state index contributed by atoms with van der Waals surface area (Å²) in [5.41, 5.74) is 52.6. The molecule has 18 rings (SSSR count). The van der Waals surface area contributed by atoms with Crippen molar-refractivity contribution in [1.82, 2.24) is 137 Å². The van der Waals surface area contributed by atoms with E-state index in [4.69, 9.17) is 79.1 Å². The van der Waals surface area contributed by atoms with Crippen molar-refractivity contribution in [3.05, 3.63) is 79.2 Å². The lowest BCUT2D eigenvalue weighted by molar-refractivity contribution is 0.122. The molecule has 0 aromatic carbocycles. The van der Waals surface area contributed by atoms with E-state index in [1.54, 1.807) is 19.0 Å². The Balaban J connectivity index is 0.000000138. The van der Waals surface area contributed by atoms with Gasteiger partial charge in [-0.3, -0.25) is 0 Å². The van der Waals surface area contributed by atoms with Crippen LogP contribution < -0.4 is 45.0 Å². The van der Waals surface area contributed by atoms with Gasteiger partial charge >= 0.3 is 0 Å². The Morgan fingerprint density at radius 3 is 0.786 bits per heavy atom. The van der Waals surface area contributed by atoms with E-state index in [9.17, 15) is 0 Å². The first-order chi connectivity index (χ1) is 61.2. The summed E-state index contributed by atoms with van der Waals surface area (Å²) < 4.78 is 19.8. The number of terminal acetylenes is 3. The second-order valence-electron chi connectivity index (χ2n) is 42.5. The zero-order valence-corrected chi connectivity index (χ0v) is 81.3. The number of fused-ring (bicyclic) bond motifs is 7. The molecule has 1 aliphatic heterocycles. The summed E-state index contributed by atoms with van der Waals surface area (Å²) in [6, 6.07) is 1.31. The highest BCUT2D eigenvalue weighted by Crippen LogP contribution is 2.44. The van der Waals surface area contributed by atoms with Crippen molar-refractivity contribution in [3.63, 3.8) is 0 Å². The molecule has 14 aromatic rings. The Hall–Kier alpha value is -13.1. The Bertz CT molecular complexity index is 6330. The number of nitrogens with zero attached hydrogens (tertiary/aromatic N) is 29. The van der Waals surface area contributed by atoms with Crippen LogP contribution in [0.15, 0.2) is 44.3 Å². The number of nitrogens with two attached hydrogens (primary N) is 7. The number of imidazole rings is 7. The molecule has 14 aromatic heterocycles. The highest BCUT2D eigenvalue weighted by Gasteiger charge is 2.35. The molecule has 37 nitrogen and oxygen atoms in total. The summed E-state index contributed by atoms with van der Waals surface area (Å²) in [6.45, 7) is 61.4. The van der Waals surface area contributed by atoms with Gasteiger partial charge in [-0.1, -0.05) is 145 Å². The minimum atomic E-state index is 0.0870. The SMILES string of the molecule is C#Cc1nc(N)c2ncn(CC(C)(C)C)c2n1.C#Cc1nc(N)c2ncn([C@@H](C)C(C)(C)C)c2n1.C#Cc1nc(N)c2ncn([C@H](C)C(C)(C)C)c2n1.CC(C)(C)Cn1cnc2c(N)nc(C3CC3)nc21.C[C@@H](n1cnc2c(N)nc(C3CC3)nc21)C(C)(C)C.C[C@@H](n1cnc2c(N)nc(N3CCOCC3)nc21)C(C)(C)C.C[C@H](n1cnc2c(N)nc(C3CC3)nc21)C(C)(C)C. The lowest BCUT2D eigenvalue weighted by Gasteiger charge is -2.29. The standard InChI is InChI=1S/C15H24N6O.2C14H21N5.C13H19N5.2C13H17N5.C12H15N5/c1-10(15(2,3)4)21-9-17-11-12(16)18-14(19-13(11)21)20-5-7-22-8-6-20;2*1-8(14(2,3)4)19-7-16-10-11(15)17-12(9-5-6-9)18-13(10)19;1-13(2,3)6-18-7-15-9-10(14)16-11(8-4-5-8)17-12(9)18;2*1-6-9-16-11(14)10-12(17-9)18(7-15-10)8(2)13(3,4)5;1-5-8-15-10(13)9-11(16-8)17(7-14-9)6-12(2,3)4/h9-10H,5-8H2,1-4H3,(H2,16,18,19);2*7-9H,5-6H2,1-4H3,(H2,15,17,18);7-8H,4-6H2,1-3H3,(H2,14,16,17);2*1,7-8H,2-5H3,(H2,14,16,17);1,7H,6H2,2-4H3,(H2,13,15,16)/t10-;2*8-;;2*8-;/m110.10./s1. The number of aromatic nitrogens is 28. The Labute approximate surface area is 767 Å². The van der Waals surface area contributed by atoms with E-state index in [-0.39, 0.29) is 56.0 Å². The average Bonchev–Trinajstić information content (AvgIpc) is 1.69. The van der Waals surface area contributed by atoms with Crippen molar-refractivity contribution in [2.75, 3.05) is 71.3 Å². The van der Waals surface area contributed by atoms with Gasteiger partial charge in [-0.25, -0.2) is 94.7 Å². The molecule has 15 heterocycles. The molecular weight excluding hydrogens is 1650 g/mol. The first-order valence-corrected chi connectivity index (χ1v) is 44.9. The van der Waals surface area contributed by atoms with Crippen LogP contribution in [-0.2, 0) is 17.8 Å².